The van der Waals surface area contributed by atoms with Gasteiger partial charge in [-0.25, -0.2) is 10.6 Å². The smallest absolute Gasteiger partial charge is 0.524 e. The Bertz CT molecular complexity index is 942. The molecule has 0 atom stereocenters. The van der Waals surface area contributed by atoms with Gasteiger partial charge in [-0.1, -0.05) is 31.1 Å². The van der Waals surface area contributed by atoms with Crippen molar-refractivity contribution in [2.45, 2.75) is 102 Å². The summed E-state index contributed by atoms with van der Waals surface area (Å²) in [7, 11) is 1.44. The van der Waals surface area contributed by atoms with E-state index >= 15 is 0 Å². The third-order valence-corrected chi connectivity index (χ3v) is 15.1. The molecule has 3 rings (SSSR count). The number of aryl methyl sites for hydroxylation is 2. The van der Waals surface area contributed by atoms with Gasteiger partial charge < -0.3 is 8.19 Å². The fraction of sp³-hybridized carbons (Fsp3) is 0.517. The maximum atomic E-state index is 3.36. The molecule has 4 heteroatoms. The van der Waals surface area contributed by atoms with Crippen LogP contribution in [0, 0.1) is 83.1 Å². The monoisotopic (exact) mass is 494 g/mol. The van der Waals surface area contributed by atoms with Gasteiger partial charge in [0.2, 0.25) is 0 Å². The Morgan fingerprint density at radius 3 is 0.909 bits per heavy atom. The van der Waals surface area contributed by atoms with Gasteiger partial charge in [-0.15, -0.1) is 21.6 Å². The molecule has 0 saturated heterocycles. The molecule has 0 fully saturated rings. The zero-order chi connectivity index (χ0) is 24.9. The maximum Gasteiger partial charge on any atom is 1.00 e. The second-order valence-corrected chi connectivity index (χ2v) is 15.9. The summed E-state index contributed by atoms with van der Waals surface area (Å²) in [5.74, 6) is 0. The van der Waals surface area contributed by atoms with E-state index in [1.807, 2.05) is 6.92 Å². The van der Waals surface area contributed by atoms with E-state index in [0.29, 0.717) is 0 Å². The fourth-order valence-electron chi connectivity index (χ4n) is 4.23. The van der Waals surface area contributed by atoms with Gasteiger partial charge in [-0.3, -0.25) is 0 Å². The van der Waals surface area contributed by atoms with Crippen LogP contribution in [0.5, 0.6) is 0 Å². The summed E-state index contributed by atoms with van der Waals surface area (Å²) in [4.78, 5) is 0. The molecule has 0 N–H and O–H groups in total. The average molecular weight is 495 g/mol. The minimum Gasteiger partial charge on any atom is -0.524 e. The topological polar surface area (TPSA) is 0 Å². The van der Waals surface area contributed by atoms with E-state index in [-0.39, 0.29) is 33.9 Å². The summed E-state index contributed by atoms with van der Waals surface area (Å²) in [5, 5.41) is 9.76. The molecule has 33 heavy (non-hydrogen) atoms. The Hall–Kier alpha value is -0.323. The zero-order valence-corrected chi connectivity index (χ0v) is 26.7. The largest absolute Gasteiger partial charge is 1.00 e. The minimum absolute atomic E-state index is 0. The van der Waals surface area contributed by atoms with Gasteiger partial charge in [0.1, 0.15) is 0 Å². The first-order chi connectivity index (χ1) is 14.8. The van der Waals surface area contributed by atoms with Crippen LogP contribution >= 0.6 is 23.3 Å². The van der Waals surface area contributed by atoms with E-state index in [1.165, 1.54) is 42.2 Å². The number of hydrogen-bond donors (Lipinski definition) is 0. The van der Waals surface area contributed by atoms with Gasteiger partial charge in [0.25, 0.3) is 0 Å². The molecular weight excluding hydrogens is 448 g/mol. The molecule has 3 heterocycles. The molecule has 0 saturated carbocycles. The third-order valence-electron chi connectivity index (χ3n) is 7.45. The van der Waals surface area contributed by atoms with Gasteiger partial charge in [0.05, 0.1) is 0 Å². The van der Waals surface area contributed by atoms with Crippen LogP contribution < -0.4 is 18.9 Å². The Labute approximate surface area is 221 Å². The van der Waals surface area contributed by atoms with Crippen LogP contribution in [-0.2, 0) is 12.3 Å². The SMILES string of the molecule is C=CC.Cc1[p-]c(C)c(C)c1C.Cc1c(C)c(C)p(CCp2c(C)c(C)c(C)c2C)c1C.[Li+]. The molecule has 3 aromatic heterocycles. The summed E-state index contributed by atoms with van der Waals surface area (Å²) >= 11 is 0. The van der Waals surface area contributed by atoms with Gasteiger partial charge in [-0.05, 0) is 132 Å². The van der Waals surface area contributed by atoms with Crippen molar-refractivity contribution < 1.29 is 18.9 Å². The van der Waals surface area contributed by atoms with E-state index in [0.717, 1.165) is 0 Å². The van der Waals surface area contributed by atoms with Crippen LogP contribution in [0.3, 0.4) is 0 Å². The van der Waals surface area contributed by atoms with Gasteiger partial charge in [-0.2, -0.15) is 0 Å². The maximum absolute atomic E-state index is 3.36. The van der Waals surface area contributed by atoms with Crippen molar-refractivity contribution in [2.75, 3.05) is 0 Å². The molecule has 0 aliphatic heterocycles. The van der Waals surface area contributed by atoms with Crippen LogP contribution in [-0.4, -0.2) is 0 Å². The van der Waals surface area contributed by atoms with Gasteiger partial charge in [0, 0.05) is 0 Å². The predicted octanol–water partition coefficient (Wildman–Crippen LogP) is 8.24. The molecule has 0 aliphatic carbocycles. The molecule has 0 spiro atoms. The second-order valence-electron chi connectivity index (χ2n) is 9.09. The molecule has 0 unspecified atom stereocenters. The van der Waals surface area contributed by atoms with Gasteiger partial charge >= 0.3 is 18.9 Å². The van der Waals surface area contributed by atoms with Crippen LogP contribution in [0.15, 0.2) is 12.7 Å². The van der Waals surface area contributed by atoms with E-state index in [4.69, 9.17) is 0 Å². The first-order valence-corrected chi connectivity index (χ1v) is 15.7. The second kappa shape index (κ2) is 14.3. The van der Waals surface area contributed by atoms with Crippen LogP contribution in [0.4, 0.5) is 0 Å². The standard InChI is InChI=1S/C18H28P2.C8H12P.C3H6.Li/c1-11-12(2)16(6)19(15(11)5)9-10-20-17(7)13(3)14(4)18(20)8;1-5-6(2)8(4)9-7(5)3;1-3-2;/h9-10H2,1-8H3;1-4H3;3H,1H2,2H3;/q;-1;;+1. The van der Waals surface area contributed by atoms with Crippen molar-refractivity contribution in [3.63, 3.8) is 0 Å². The first kappa shape index (κ1) is 32.7. The van der Waals surface area contributed by atoms with Crippen LogP contribution in [0.25, 0.3) is 0 Å². The molecule has 178 valence electrons. The Balaban J connectivity index is 0.000000658. The van der Waals surface area contributed by atoms with Crippen LogP contribution in [0.2, 0.25) is 0 Å². The van der Waals surface area contributed by atoms with Crippen molar-refractivity contribution in [3.8, 4) is 0 Å². The summed E-state index contributed by atoms with van der Waals surface area (Å²) in [6.07, 6.45) is 4.53. The summed E-state index contributed by atoms with van der Waals surface area (Å²) in [6, 6.07) is 0. The Kier molecular flexibility index (Phi) is 14.1. The minimum atomic E-state index is 0. The molecular formula is C29H46LiP3. The molecule has 0 aliphatic rings. The molecule has 0 radical (unpaired) electrons. The molecule has 0 nitrogen and oxygen atoms in total. The molecule has 0 amide bonds. The van der Waals surface area contributed by atoms with Crippen molar-refractivity contribution in [3.05, 3.63) is 77.8 Å². The number of rotatable bonds is 3. The Morgan fingerprint density at radius 1 is 0.545 bits per heavy atom. The predicted molar refractivity (Wildman–Crippen MR) is 156 cm³/mol. The molecule has 0 aromatic carbocycles. The normalized spacial score (nSPS) is 10.1. The van der Waals surface area contributed by atoms with Crippen molar-refractivity contribution in [1.29, 1.82) is 0 Å². The summed E-state index contributed by atoms with van der Waals surface area (Å²) in [5.41, 5.74) is 9.27. The third kappa shape index (κ3) is 7.58. The summed E-state index contributed by atoms with van der Waals surface area (Å²) < 4.78 is 0. The van der Waals surface area contributed by atoms with E-state index in [9.17, 15) is 0 Å². The molecule has 0 bridgehead atoms. The van der Waals surface area contributed by atoms with Crippen molar-refractivity contribution >= 4 is 23.3 Å². The van der Waals surface area contributed by atoms with Crippen molar-refractivity contribution in [2.24, 2.45) is 0 Å². The van der Waals surface area contributed by atoms with Crippen LogP contribution in [0.1, 0.15) is 72.1 Å². The van der Waals surface area contributed by atoms with E-state index in [2.05, 4.69) is 89.7 Å². The fourth-order valence-corrected chi connectivity index (χ4v) is 11.6. The van der Waals surface area contributed by atoms with Gasteiger partial charge in [0.15, 0.2) is 0 Å². The number of allylic oxidation sites excluding steroid dienone is 1. The first-order valence-electron chi connectivity index (χ1n) is 11.7. The Morgan fingerprint density at radius 2 is 0.758 bits per heavy atom. The zero-order valence-electron chi connectivity index (χ0n) is 24.0. The van der Waals surface area contributed by atoms with E-state index in [1.54, 1.807) is 49.5 Å². The van der Waals surface area contributed by atoms with Crippen molar-refractivity contribution in [1.82, 2.24) is 0 Å². The quantitative estimate of drug-likeness (QED) is 0.254. The number of hydrogen-bond acceptors (Lipinski definition) is 0. The average Bonchev–Trinajstić information content (AvgIpc) is 3.17. The van der Waals surface area contributed by atoms with E-state index < -0.39 is 0 Å². The molecule has 3 aromatic rings. The summed E-state index contributed by atoms with van der Waals surface area (Å²) in [6.45, 7) is 32.8.